The standard InChI is InChI=1S/C21H35O6/c1-7-25-19(22-4)13-16-10-17(14-20(23-5)26-8-2)12-18(11-16)15-21(24-6)27-9-3/h10-11,19-21H,7-9,13-15H2,1-6H3. The second-order valence-corrected chi connectivity index (χ2v) is 6.01. The van der Waals surface area contributed by atoms with E-state index in [2.05, 4.69) is 18.2 Å². The Balaban J connectivity index is 3.05. The smallest absolute Gasteiger partial charge is 0.161 e. The zero-order valence-corrected chi connectivity index (χ0v) is 17.6. The van der Waals surface area contributed by atoms with E-state index in [1.165, 1.54) is 0 Å². The van der Waals surface area contributed by atoms with Crippen molar-refractivity contribution in [2.75, 3.05) is 41.2 Å². The zero-order valence-electron chi connectivity index (χ0n) is 17.6. The van der Waals surface area contributed by atoms with Crippen LogP contribution in [0.5, 0.6) is 0 Å². The number of benzene rings is 1. The molecular formula is C21H35O6. The van der Waals surface area contributed by atoms with E-state index in [4.69, 9.17) is 28.4 Å². The van der Waals surface area contributed by atoms with Crippen LogP contribution < -0.4 is 0 Å². The number of hydrogen-bond acceptors (Lipinski definition) is 6. The Bertz CT molecular complexity index is 424. The summed E-state index contributed by atoms with van der Waals surface area (Å²) in [4.78, 5) is 0. The molecule has 0 saturated heterocycles. The van der Waals surface area contributed by atoms with Crippen molar-refractivity contribution in [1.29, 1.82) is 0 Å². The number of methoxy groups -OCH3 is 3. The molecule has 0 saturated carbocycles. The highest BCUT2D eigenvalue weighted by atomic mass is 16.7. The van der Waals surface area contributed by atoms with E-state index in [1.807, 2.05) is 20.8 Å². The Morgan fingerprint density at radius 3 is 1.37 bits per heavy atom. The van der Waals surface area contributed by atoms with Gasteiger partial charge in [-0.1, -0.05) is 12.1 Å². The first-order valence-electron chi connectivity index (χ1n) is 9.57. The summed E-state index contributed by atoms with van der Waals surface area (Å²) in [6, 6.07) is 7.65. The van der Waals surface area contributed by atoms with Crippen LogP contribution in [0.1, 0.15) is 37.5 Å². The Morgan fingerprint density at radius 1 is 0.667 bits per heavy atom. The van der Waals surface area contributed by atoms with E-state index in [-0.39, 0.29) is 18.9 Å². The summed E-state index contributed by atoms with van der Waals surface area (Å²) in [7, 11) is 4.96. The summed E-state index contributed by atoms with van der Waals surface area (Å²) in [5, 5.41) is 0. The van der Waals surface area contributed by atoms with Crippen molar-refractivity contribution in [3.05, 3.63) is 34.9 Å². The van der Waals surface area contributed by atoms with Gasteiger partial charge in [-0.25, -0.2) is 0 Å². The molecule has 0 aromatic heterocycles. The van der Waals surface area contributed by atoms with Gasteiger partial charge in [0.05, 0.1) is 0 Å². The molecule has 0 aliphatic heterocycles. The van der Waals surface area contributed by atoms with Crippen LogP contribution in [-0.2, 0) is 47.7 Å². The summed E-state index contributed by atoms with van der Waals surface area (Å²) in [6.07, 6.45) is 0.993. The fraction of sp³-hybridized carbons (Fsp3) is 0.714. The maximum atomic E-state index is 5.63. The van der Waals surface area contributed by atoms with Crippen LogP contribution in [-0.4, -0.2) is 60.0 Å². The van der Waals surface area contributed by atoms with Crippen LogP contribution >= 0.6 is 0 Å². The fourth-order valence-electron chi connectivity index (χ4n) is 2.85. The highest BCUT2D eigenvalue weighted by Gasteiger charge is 2.15. The van der Waals surface area contributed by atoms with Crippen molar-refractivity contribution in [3.63, 3.8) is 0 Å². The molecule has 1 aromatic rings. The van der Waals surface area contributed by atoms with Crippen molar-refractivity contribution < 1.29 is 28.4 Å². The van der Waals surface area contributed by atoms with Crippen molar-refractivity contribution in [2.45, 2.75) is 58.9 Å². The van der Waals surface area contributed by atoms with Gasteiger partial charge in [0.1, 0.15) is 0 Å². The van der Waals surface area contributed by atoms with E-state index in [0.717, 1.165) is 16.7 Å². The van der Waals surface area contributed by atoms with Gasteiger partial charge in [-0.3, -0.25) is 0 Å². The molecule has 1 radical (unpaired) electrons. The molecule has 0 bridgehead atoms. The van der Waals surface area contributed by atoms with E-state index in [9.17, 15) is 0 Å². The molecule has 0 N–H and O–H groups in total. The van der Waals surface area contributed by atoms with E-state index < -0.39 is 0 Å². The second kappa shape index (κ2) is 14.0. The molecule has 1 aromatic carbocycles. The van der Waals surface area contributed by atoms with Gasteiger partial charge in [-0.15, -0.1) is 0 Å². The van der Waals surface area contributed by atoms with E-state index >= 15 is 0 Å². The number of hydrogen-bond donors (Lipinski definition) is 0. The van der Waals surface area contributed by atoms with Crippen LogP contribution in [0.25, 0.3) is 0 Å². The third-order valence-electron chi connectivity index (χ3n) is 4.06. The van der Waals surface area contributed by atoms with Crippen molar-refractivity contribution in [3.8, 4) is 0 Å². The topological polar surface area (TPSA) is 55.4 Å². The maximum Gasteiger partial charge on any atom is 0.161 e. The predicted molar refractivity (Wildman–Crippen MR) is 104 cm³/mol. The zero-order chi connectivity index (χ0) is 20.1. The first-order chi connectivity index (χ1) is 13.1. The third-order valence-corrected chi connectivity index (χ3v) is 4.06. The molecule has 0 amide bonds. The molecule has 0 fully saturated rings. The minimum atomic E-state index is -0.301. The van der Waals surface area contributed by atoms with Gasteiger partial charge in [-0.05, 0) is 43.5 Å². The largest absolute Gasteiger partial charge is 0.356 e. The fourth-order valence-corrected chi connectivity index (χ4v) is 2.85. The second-order valence-electron chi connectivity index (χ2n) is 6.01. The Kier molecular flexibility index (Phi) is 12.5. The highest BCUT2D eigenvalue weighted by Crippen LogP contribution is 2.18. The molecule has 6 heteroatoms. The molecule has 155 valence electrons. The minimum absolute atomic E-state index is 0.284. The summed E-state index contributed by atoms with van der Waals surface area (Å²) in [6.45, 7) is 7.65. The number of rotatable bonds is 15. The molecular weight excluding hydrogens is 348 g/mol. The monoisotopic (exact) mass is 383 g/mol. The summed E-state index contributed by atoms with van der Waals surface area (Å²) in [5.74, 6) is 0. The van der Waals surface area contributed by atoms with Crippen molar-refractivity contribution in [1.82, 2.24) is 0 Å². The molecule has 0 aliphatic rings. The normalized spacial score (nSPS) is 14.9. The first kappa shape index (κ1) is 24.0. The molecule has 0 heterocycles. The van der Waals surface area contributed by atoms with Gasteiger partial charge < -0.3 is 28.4 Å². The summed E-state index contributed by atoms with van der Waals surface area (Å²) < 4.78 is 33.1. The van der Waals surface area contributed by atoms with Crippen LogP contribution in [0.3, 0.4) is 0 Å². The average Bonchev–Trinajstić information content (AvgIpc) is 2.66. The molecule has 1 rings (SSSR count). The third kappa shape index (κ3) is 9.14. The lowest BCUT2D eigenvalue weighted by atomic mass is 9.99. The number of ether oxygens (including phenoxy) is 6. The molecule has 0 aliphatic carbocycles. The minimum Gasteiger partial charge on any atom is -0.356 e. The SMILES string of the molecule is CCOC(Cc1[c]c(CC(OC)OCC)cc(CC(OC)OCC)c1)OC. The lowest BCUT2D eigenvalue weighted by Crippen LogP contribution is -2.21. The Morgan fingerprint density at radius 2 is 1.04 bits per heavy atom. The van der Waals surface area contributed by atoms with Gasteiger partial charge in [0.2, 0.25) is 0 Å². The molecule has 3 atom stereocenters. The van der Waals surface area contributed by atoms with Gasteiger partial charge in [0.15, 0.2) is 18.9 Å². The van der Waals surface area contributed by atoms with Crippen LogP contribution in [0.2, 0.25) is 0 Å². The van der Waals surface area contributed by atoms with Gasteiger partial charge in [0, 0.05) is 60.4 Å². The Labute approximate surface area is 164 Å². The highest BCUT2D eigenvalue weighted by molar-refractivity contribution is 5.30. The molecule has 0 spiro atoms. The maximum absolute atomic E-state index is 5.63. The van der Waals surface area contributed by atoms with Gasteiger partial charge in [0.25, 0.3) is 0 Å². The van der Waals surface area contributed by atoms with Crippen LogP contribution in [0, 0.1) is 6.07 Å². The predicted octanol–water partition coefficient (Wildman–Crippen LogP) is 3.14. The lowest BCUT2D eigenvalue weighted by Gasteiger charge is -2.20. The summed E-state index contributed by atoms with van der Waals surface area (Å²) in [5.41, 5.74) is 3.14. The van der Waals surface area contributed by atoms with Crippen LogP contribution in [0.15, 0.2) is 12.1 Å². The average molecular weight is 384 g/mol. The van der Waals surface area contributed by atoms with Crippen LogP contribution in [0.4, 0.5) is 0 Å². The van der Waals surface area contributed by atoms with Gasteiger partial charge >= 0.3 is 0 Å². The van der Waals surface area contributed by atoms with E-state index in [0.29, 0.717) is 39.1 Å². The van der Waals surface area contributed by atoms with Crippen molar-refractivity contribution in [2.24, 2.45) is 0 Å². The molecule has 3 unspecified atom stereocenters. The first-order valence-corrected chi connectivity index (χ1v) is 9.57. The molecule has 27 heavy (non-hydrogen) atoms. The lowest BCUT2D eigenvalue weighted by molar-refractivity contribution is -0.119. The molecule has 6 nitrogen and oxygen atoms in total. The van der Waals surface area contributed by atoms with Crippen molar-refractivity contribution >= 4 is 0 Å². The van der Waals surface area contributed by atoms with E-state index in [1.54, 1.807) is 21.3 Å². The van der Waals surface area contributed by atoms with Gasteiger partial charge in [-0.2, -0.15) is 0 Å². The summed E-state index contributed by atoms with van der Waals surface area (Å²) >= 11 is 0. The quantitative estimate of drug-likeness (QED) is 0.434. The Hall–Kier alpha value is -1.02.